The minimum atomic E-state index is -0.409. The monoisotopic (exact) mass is 342 g/mol. The third kappa shape index (κ3) is 2.00. The fourth-order valence-corrected chi connectivity index (χ4v) is 2.78. The molecule has 9 heteroatoms. The molecule has 0 aliphatic rings. The summed E-state index contributed by atoms with van der Waals surface area (Å²) in [4.78, 5) is 28.6. The van der Waals surface area contributed by atoms with E-state index in [-0.39, 0.29) is 5.56 Å². The van der Waals surface area contributed by atoms with Crippen molar-refractivity contribution in [1.29, 1.82) is 0 Å². The van der Waals surface area contributed by atoms with E-state index < -0.39 is 6.03 Å². The number of fused-ring (bicyclic) bond motifs is 3. The van der Waals surface area contributed by atoms with Crippen LogP contribution in [-0.4, -0.2) is 37.6 Å². The molecule has 0 aliphatic carbocycles. The summed E-state index contributed by atoms with van der Waals surface area (Å²) in [7, 11) is 1.51. The van der Waals surface area contributed by atoms with Crippen LogP contribution in [0.1, 0.15) is 0 Å². The molecule has 0 fully saturated rings. The highest BCUT2D eigenvalue weighted by Gasteiger charge is 2.17. The number of aromatic amines is 1. The maximum absolute atomic E-state index is 12.6. The number of carbonyl (C=O) groups is 1. The van der Waals surface area contributed by atoms with Gasteiger partial charge in [-0.3, -0.25) is 9.89 Å². The summed E-state index contributed by atoms with van der Waals surface area (Å²) >= 11 is 6.00. The number of pyridine rings is 1. The van der Waals surface area contributed by atoms with Gasteiger partial charge in [-0.15, -0.1) is 0 Å². The van der Waals surface area contributed by atoms with Crippen molar-refractivity contribution in [3.8, 4) is 5.69 Å². The Morgan fingerprint density at radius 3 is 2.88 bits per heavy atom. The molecule has 2 N–H and O–H groups in total. The van der Waals surface area contributed by atoms with Gasteiger partial charge in [-0.25, -0.2) is 14.5 Å². The summed E-state index contributed by atoms with van der Waals surface area (Å²) in [5, 5.41) is 11.1. The van der Waals surface area contributed by atoms with E-state index in [0.717, 1.165) is 4.68 Å². The fraction of sp³-hybridized carbons (Fsp3) is 0.0667. The molecule has 1 aromatic carbocycles. The largest absolute Gasteiger partial charge is 0.343 e. The molecule has 24 heavy (non-hydrogen) atoms. The van der Waals surface area contributed by atoms with Crippen molar-refractivity contribution in [3.63, 3.8) is 0 Å². The van der Waals surface area contributed by atoms with Crippen molar-refractivity contribution in [3.05, 3.63) is 52.0 Å². The Morgan fingerprint density at radius 2 is 2.12 bits per heavy atom. The van der Waals surface area contributed by atoms with Crippen LogP contribution in [0.3, 0.4) is 0 Å². The first-order valence-electron chi connectivity index (χ1n) is 7.05. The molecule has 4 aromatic rings. The molecule has 3 aromatic heterocycles. The van der Waals surface area contributed by atoms with Crippen molar-refractivity contribution in [1.82, 2.24) is 29.9 Å². The van der Waals surface area contributed by atoms with Crippen LogP contribution in [0.15, 0.2) is 41.5 Å². The number of rotatable bonds is 1. The lowest BCUT2D eigenvalue weighted by Gasteiger charge is -2.01. The molecule has 0 saturated heterocycles. The van der Waals surface area contributed by atoms with Crippen molar-refractivity contribution in [2.45, 2.75) is 0 Å². The van der Waals surface area contributed by atoms with E-state index in [1.807, 2.05) is 0 Å². The lowest BCUT2D eigenvalue weighted by atomic mass is 10.2. The number of nitrogens with zero attached hydrogens (tertiary/aromatic N) is 4. The highest BCUT2D eigenvalue weighted by Crippen LogP contribution is 2.21. The van der Waals surface area contributed by atoms with Crippen LogP contribution in [-0.2, 0) is 0 Å². The standard InChI is InChI=1S/C15H11ClN6O2/c1-17-15(24)22-13-10(7-19-22)12-11(6-18-13)14(23)21(20-12)9-4-2-3-8(16)5-9/h2-7,20H,1H3,(H,17,24). The van der Waals surface area contributed by atoms with E-state index in [1.54, 1.807) is 24.3 Å². The normalized spacial score (nSPS) is 11.2. The number of nitrogens with one attached hydrogen (secondary N) is 2. The van der Waals surface area contributed by atoms with E-state index in [2.05, 4.69) is 20.5 Å². The van der Waals surface area contributed by atoms with Gasteiger partial charge in [0.15, 0.2) is 5.65 Å². The quantitative estimate of drug-likeness (QED) is 0.552. The highest BCUT2D eigenvalue weighted by molar-refractivity contribution is 6.30. The predicted molar refractivity (Wildman–Crippen MR) is 89.8 cm³/mol. The number of aromatic nitrogens is 5. The minimum Gasteiger partial charge on any atom is -0.339 e. The maximum atomic E-state index is 12.6. The number of hydrogen-bond acceptors (Lipinski definition) is 4. The fourth-order valence-electron chi connectivity index (χ4n) is 2.60. The summed E-state index contributed by atoms with van der Waals surface area (Å²) in [5.41, 5.74) is 1.27. The van der Waals surface area contributed by atoms with Gasteiger partial charge in [0.1, 0.15) is 0 Å². The third-order valence-electron chi connectivity index (χ3n) is 3.73. The molecule has 0 bridgehead atoms. The van der Waals surface area contributed by atoms with Gasteiger partial charge in [0.2, 0.25) is 0 Å². The van der Waals surface area contributed by atoms with Gasteiger partial charge >= 0.3 is 6.03 Å². The topological polar surface area (TPSA) is 97.6 Å². The first kappa shape index (κ1) is 14.5. The van der Waals surface area contributed by atoms with Gasteiger partial charge in [-0.2, -0.15) is 9.78 Å². The number of carbonyl (C=O) groups excluding carboxylic acids is 1. The van der Waals surface area contributed by atoms with E-state index >= 15 is 0 Å². The summed E-state index contributed by atoms with van der Waals surface area (Å²) in [6.45, 7) is 0. The average molecular weight is 343 g/mol. The third-order valence-corrected chi connectivity index (χ3v) is 3.96. The molecule has 0 saturated carbocycles. The van der Waals surface area contributed by atoms with Gasteiger partial charge < -0.3 is 5.32 Å². The number of H-pyrrole nitrogens is 1. The number of amides is 1. The lowest BCUT2D eigenvalue weighted by molar-refractivity contribution is 0.242. The SMILES string of the molecule is CNC(=O)n1ncc2c3[nH]n(-c4cccc(Cl)c4)c(=O)c3cnc21. The smallest absolute Gasteiger partial charge is 0.339 e. The first-order chi connectivity index (χ1) is 11.6. The summed E-state index contributed by atoms with van der Waals surface area (Å²) in [6.07, 6.45) is 2.93. The van der Waals surface area contributed by atoms with Crippen LogP contribution in [0.25, 0.3) is 27.6 Å². The zero-order valence-corrected chi connectivity index (χ0v) is 13.2. The van der Waals surface area contributed by atoms with E-state index in [9.17, 15) is 9.59 Å². The van der Waals surface area contributed by atoms with Crippen molar-refractivity contribution in [2.75, 3.05) is 7.05 Å². The Morgan fingerprint density at radius 1 is 1.29 bits per heavy atom. The van der Waals surface area contributed by atoms with Crippen LogP contribution in [0.5, 0.6) is 0 Å². The van der Waals surface area contributed by atoms with E-state index in [4.69, 9.17) is 11.6 Å². The lowest BCUT2D eigenvalue weighted by Crippen LogP contribution is -2.25. The molecule has 1 amide bonds. The Labute approximate surface area is 139 Å². The number of hydrogen-bond donors (Lipinski definition) is 2. The van der Waals surface area contributed by atoms with Gasteiger partial charge in [0.05, 0.1) is 28.2 Å². The Hall–Kier alpha value is -3.13. The van der Waals surface area contributed by atoms with Gasteiger partial charge in [-0.05, 0) is 18.2 Å². The van der Waals surface area contributed by atoms with Crippen LogP contribution < -0.4 is 10.9 Å². The van der Waals surface area contributed by atoms with Crippen LogP contribution in [0.4, 0.5) is 4.79 Å². The Balaban J connectivity index is 2.02. The molecule has 0 spiro atoms. The van der Waals surface area contributed by atoms with Crippen molar-refractivity contribution >= 4 is 39.6 Å². The summed E-state index contributed by atoms with van der Waals surface area (Å²) in [6, 6.07) is 6.52. The molecule has 0 atom stereocenters. The second-order valence-corrected chi connectivity index (χ2v) is 5.56. The predicted octanol–water partition coefficient (Wildman–Crippen LogP) is 1.90. The second-order valence-electron chi connectivity index (χ2n) is 5.13. The Bertz CT molecular complexity index is 1160. The second kappa shape index (κ2) is 5.20. The maximum Gasteiger partial charge on any atom is 0.343 e. The molecule has 120 valence electrons. The molecule has 4 rings (SSSR count). The Kier molecular flexibility index (Phi) is 3.14. The van der Waals surface area contributed by atoms with Crippen LogP contribution in [0.2, 0.25) is 5.02 Å². The molecule has 0 radical (unpaired) electrons. The molecule has 8 nitrogen and oxygen atoms in total. The van der Waals surface area contributed by atoms with Gasteiger partial charge in [0.25, 0.3) is 5.56 Å². The van der Waals surface area contributed by atoms with Crippen molar-refractivity contribution < 1.29 is 4.79 Å². The van der Waals surface area contributed by atoms with Crippen LogP contribution in [0, 0.1) is 0 Å². The molecule has 0 unspecified atom stereocenters. The van der Waals surface area contributed by atoms with Gasteiger partial charge in [0, 0.05) is 18.3 Å². The molecular weight excluding hydrogens is 332 g/mol. The van der Waals surface area contributed by atoms with E-state index in [0.29, 0.717) is 32.6 Å². The summed E-state index contributed by atoms with van der Waals surface area (Å²) < 4.78 is 2.53. The first-order valence-corrected chi connectivity index (χ1v) is 7.43. The van der Waals surface area contributed by atoms with Crippen LogP contribution >= 0.6 is 11.6 Å². The molecule has 0 aliphatic heterocycles. The van der Waals surface area contributed by atoms with E-state index in [1.165, 1.54) is 24.1 Å². The van der Waals surface area contributed by atoms with Gasteiger partial charge in [-0.1, -0.05) is 17.7 Å². The molecule has 3 heterocycles. The minimum absolute atomic E-state index is 0.255. The highest BCUT2D eigenvalue weighted by atomic mass is 35.5. The van der Waals surface area contributed by atoms with Crippen molar-refractivity contribution in [2.24, 2.45) is 0 Å². The zero-order valence-electron chi connectivity index (χ0n) is 12.4. The summed E-state index contributed by atoms with van der Waals surface area (Å²) in [5.74, 6) is 0. The average Bonchev–Trinajstić information content (AvgIpc) is 3.15. The number of benzene rings is 1. The number of halogens is 1. The zero-order chi connectivity index (χ0) is 16.8. The molecular formula is C15H11ClN6O2.